The zero-order valence-electron chi connectivity index (χ0n) is 13.4. The van der Waals surface area contributed by atoms with Gasteiger partial charge >= 0.3 is 5.97 Å². The third kappa shape index (κ3) is 3.69. The lowest BCUT2D eigenvalue weighted by Crippen LogP contribution is -2.38. The maximum Gasteiger partial charge on any atom is 0.307 e. The summed E-state index contributed by atoms with van der Waals surface area (Å²) in [6.45, 7) is 3.42. The number of nitrogens with zero attached hydrogens (tertiary/aromatic N) is 1. The molecule has 6 nitrogen and oxygen atoms in total. The maximum atomic E-state index is 11.2. The van der Waals surface area contributed by atoms with Crippen molar-refractivity contribution in [3.8, 4) is 17.2 Å². The van der Waals surface area contributed by atoms with Crippen LogP contribution in [0.2, 0.25) is 0 Å². The smallest absolute Gasteiger partial charge is 0.307 e. The molecular weight excluding hydrogens is 298 g/mol. The van der Waals surface area contributed by atoms with E-state index < -0.39 is 5.97 Å². The van der Waals surface area contributed by atoms with Gasteiger partial charge < -0.3 is 19.3 Å². The Morgan fingerprint density at radius 1 is 1.30 bits per heavy atom. The summed E-state index contributed by atoms with van der Waals surface area (Å²) in [5, 5.41) is 9.22. The van der Waals surface area contributed by atoms with Crippen LogP contribution in [0.1, 0.15) is 24.8 Å². The predicted octanol–water partition coefficient (Wildman–Crippen LogP) is 2.15. The van der Waals surface area contributed by atoms with Gasteiger partial charge in [0, 0.05) is 31.1 Å². The summed E-state index contributed by atoms with van der Waals surface area (Å²) < 4.78 is 16.9. The van der Waals surface area contributed by atoms with Crippen LogP contribution in [0.5, 0.6) is 17.2 Å². The van der Waals surface area contributed by atoms with Crippen molar-refractivity contribution >= 4 is 5.97 Å². The predicted molar refractivity (Wildman–Crippen MR) is 84.2 cm³/mol. The summed E-state index contributed by atoms with van der Waals surface area (Å²) in [7, 11) is 1.64. The lowest BCUT2D eigenvalue weighted by Gasteiger charge is -2.31. The van der Waals surface area contributed by atoms with Gasteiger partial charge in [-0.3, -0.25) is 9.69 Å². The largest absolute Gasteiger partial charge is 0.496 e. The van der Waals surface area contributed by atoms with Crippen LogP contribution in [-0.2, 0) is 11.3 Å². The zero-order valence-corrected chi connectivity index (χ0v) is 13.4. The lowest BCUT2D eigenvalue weighted by molar-refractivity contribution is -0.143. The lowest BCUT2D eigenvalue weighted by atomic mass is 9.97. The van der Waals surface area contributed by atoms with E-state index in [-0.39, 0.29) is 5.92 Å². The molecule has 0 aromatic heterocycles. The highest BCUT2D eigenvalue weighted by atomic mass is 16.5. The molecule has 0 radical (unpaired) electrons. The summed E-state index contributed by atoms with van der Waals surface area (Å²) in [5.74, 6) is 1.22. The second kappa shape index (κ2) is 7.08. The monoisotopic (exact) mass is 321 g/mol. The molecular formula is C17H23NO5. The van der Waals surface area contributed by atoms with Crippen LogP contribution < -0.4 is 14.2 Å². The average molecular weight is 321 g/mol. The van der Waals surface area contributed by atoms with Gasteiger partial charge in [0.05, 0.1) is 26.2 Å². The van der Waals surface area contributed by atoms with Gasteiger partial charge in [-0.25, -0.2) is 0 Å². The third-order valence-corrected chi connectivity index (χ3v) is 4.40. The first-order valence-corrected chi connectivity index (χ1v) is 8.09. The van der Waals surface area contributed by atoms with E-state index in [1.165, 1.54) is 0 Å². The van der Waals surface area contributed by atoms with Crippen molar-refractivity contribution in [1.82, 2.24) is 4.90 Å². The molecule has 1 aromatic carbocycles. The number of carboxylic acid groups (broad SMARTS) is 1. The van der Waals surface area contributed by atoms with Crippen molar-refractivity contribution in [1.29, 1.82) is 0 Å². The van der Waals surface area contributed by atoms with Crippen LogP contribution in [-0.4, -0.2) is 49.4 Å². The summed E-state index contributed by atoms with van der Waals surface area (Å²) in [6.07, 6.45) is 2.52. The molecule has 2 heterocycles. The molecule has 0 amide bonds. The van der Waals surface area contributed by atoms with E-state index in [0.717, 1.165) is 42.9 Å². The second-order valence-electron chi connectivity index (χ2n) is 6.07. The first-order valence-electron chi connectivity index (χ1n) is 8.09. The summed E-state index contributed by atoms with van der Waals surface area (Å²) >= 11 is 0. The number of methoxy groups -OCH3 is 1. The quantitative estimate of drug-likeness (QED) is 0.916. The highest BCUT2D eigenvalue weighted by Crippen LogP contribution is 2.37. The van der Waals surface area contributed by atoms with E-state index in [1.807, 2.05) is 12.1 Å². The Labute approximate surface area is 135 Å². The van der Waals surface area contributed by atoms with Gasteiger partial charge in [-0.05, 0) is 25.5 Å². The fourth-order valence-electron chi connectivity index (χ4n) is 3.19. The highest BCUT2D eigenvalue weighted by molar-refractivity contribution is 5.70. The number of fused-ring (bicyclic) bond motifs is 1. The molecule has 0 unspecified atom stereocenters. The Morgan fingerprint density at radius 3 is 2.74 bits per heavy atom. The molecule has 1 N–H and O–H groups in total. The SMILES string of the molecule is COc1cc2c(cc1CN1CCC[C@H](C(=O)O)C1)OCCCO2. The number of benzene rings is 1. The minimum atomic E-state index is -0.708. The molecule has 0 aliphatic carbocycles. The molecule has 2 aliphatic rings. The minimum absolute atomic E-state index is 0.282. The van der Waals surface area contributed by atoms with E-state index >= 15 is 0 Å². The number of hydrogen-bond donors (Lipinski definition) is 1. The van der Waals surface area contributed by atoms with Crippen LogP contribution in [0.3, 0.4) is 0 Å². The molecule has 0 bridgehead atoms. The summed E-state index contributed by atoms with van der Waals surface area (Å²) in [5.41, 5.74) is 1.00. The first-order chi connectivity index (χ1) is 11.2. The molecule has 1 atom stereocenters. The highest BCUT2D eigenvalue weighted by Gasteiger charge is 2.26. The molecule has 2 aliphatic heterocycles. The molecule has 0 saturated carbocycles. The van der Waals surface area contributed by atoms with Gasteiger partial charge in [-0.2, -0.15) is 0 Å². The molecule has 6 heteroatoms. The van der Waals surface area contributed by atoms with Crippen LogP contribution >= 0.6 is 0 Å². The van der Waals surface area contributed by atoms with Gasteiger partial charge in [0.25, 0.3) is 0 Å². The Bertz CT molecular complexity index is 574. The molecule has 3 rings (SSSR count). The number of carbonyl (C=O) groups is 1. The average Bonchev–Trinajstić information content (AvgIpc) is 2.79. The Morgan fingerprint density at radius 2 is 2.04 bits per heavy atom. The number of hydrogen-bond acceptors (Lipinski definition) is 5. The Kier molecular flexibility index (Phi) is 4.91. The minimum Gasteiger partial charge on any atom is -0.496 e. The molecule has 1 aromatic rings. The van der Waals surface area contributed by atoms with E-state index in [4.69, 9.17) is 14.2 Å². The van der Waals surface area contributed by atoms with E-state index in [2.05, 4.69) is 4.90 Å². The van der Waals surface area contributed by atoms with Crippen LogP contribution in [0.15, 0.2) is 12.1 Å². The number of rotatable bonds is 4. The number of carboxylic acids is 1. The van der Waals surface area contributed by atoms with Gasteiger partial charge in [0.15, 0.2) is 11.5 Å². The fourth-order valence-corrected chi connectivity index (χ4v) is 3.19. The first kappa shape index (κ1) is 15.9. The van der Waals surface area contributed by atoms with Crippen molar-refractivity contribution in [2.24, 2.45) is 5.92 Å². The van der Waals surface area contributed by atoms with E-state index in [9.17, 15) is 9.90 Å². The maximum absolute atomic E-state index is 11.2. The van der Waals surface area contributed by atoms with Crippen molar-refractivity contribution in [2.45, 2.75) is 25.8 Å². The Hall–Kier alpha value is -1.95. The second-order valence-corrected chi connectivity index (χ2v) is 6.07. The van der Waals surface area contributed by atoms with Gasteiger partial charge in [0.1, 0.15) is 5.75 Å². The number of likely N-dealkylation sites (tertiary alicyclic amines) is 1. The normalized spacial score (nSPS) is 21.5. The Balaban J connectivity index is 1.78. The molecule has 126 valence electrons. The topological polar surface area (TPSA) is 68.2 Å². The molecule has 23 heavy (non-hydrogen) atoms. The van der Waals surface area contributed by atoms with Crippen molar-refractivity contribution in [3.63, 3.8) is 0 Å². The standard InChI is InChI=1S/C17H23NO5/c1-21-14-9-16-15(22-6-3-7-23-16)8-13(14)11-18-5-2-4-12(10-18)17(19)20/h8-9,12H,2-7,10-11H2,1H3,(H,19,20)/t12-/m0/s1. The summed E-state index contributed by atoms with van der Waals surface area (Å²) in [6, 6.07) is 3.83. The van der Waals surface area contributed by atoms with Gasteiger partial charge in [0.2, 0.25) is 0 Å². The van der Waals surface area contributed by atoms with Gasteiger partial charge in [-0.1, -0.05) is 0 Å². The van der Waals surface area contributed by atoms with Crippen LogP contribution in [0.25, 0.3) is 0 Å². The van der Waals surface area contributed by atoms with Crippen molar-refractivity contribution in [3.05, 3.63) is 17.7 Å². The molecule has 0 spiro atoms. The fraction of sp³-hybridized carbons (Fsp3) is 0.588. The summed E-state index contributed by atoms with van der Waals surface area (Å²) in [4.78, 5) is 13.4. The van der Waals surface area contributed by atoms with Crippen molar-refractivity contribution in [2.75, 3.05) is 33.4 Å². The number of aliphatic carboxylic acids is 1. The third-order valence-electron chi connectivity index (χ3n) is 4.40. The van der Waals surface area contributed by atoms with Gasteiger partial charge in [-0.15, -0.1) is 0 Å². The van der Waals surface area contributed by atoms with Crippen LogP contribution in [0, 0.1) is 5.92 Å². The van der Waals surface area contributed by atoms with Crippen molar-refractivity contribution < 1.29 is 24.1 Å². The molecule has 1 fully saturated rings. The van der Waals surface area contributed by atoms with E-state index in [0.29, 0.717) is 32.1 Å². The number of piperidine rings is 1. The molecule has 1 saturated heterocycles. The number of ether oxygens (including phenoxy) is 3. The van der Waals surface area contributed by atoms with E-state index in [1.54, 1.807) is 7.11 Å². The van der Waals surface area contributed by atoms with Crippen LogP contribution in [0.4, 0.5) is 0 Å². The zero-order chi connectivity index (χ0) is 16.2.